The van der Waals surface area contributed by atoms with E-state index in [9.17, 15) is 23.1 Å². The van der Waals surface area contributed by atoms with Crippen LogP contribution in [0.5, 0.6) is 5.75 Å². The minimum absolute atomic E-state index is 0.0934. The summed E-state index contributed by atoms with van der Waals surface area (Å²) in [6.45, 7) is 1.99. The van der Waals surface area contributed by atoms with Crippen molar-refractivity contribution >= 4 is 11.6 Å². The lowest BCUT2D eigenvalue weighted by Gasteiger charge is -2.10. The van der Waals surface area contributed by atoms with Crippen molar-refractivity contribution in [3.8, 4) is 5.75 Å². The Hall–Kier alpha value is -2.50. The maximum absolute atomic E-state index is 12.5. The molecule has 0 saturated carbocycles. The first kappa shape index (κ1) is 16.9. The number of phenolic OH excluding ortho intramolecular Hbond substituents is 1. The molecule has 0 unspecified atom stereocenters. The second kappa shape index (κ2) is 6.73. The van der Waals surface area contributed by atoms with E-state index >= 15 is 0 Å². The molecule has 23 heavy (non-hydrogen) atoms. The summed E-state index contributed by atoms with van der Waals surface area (Å²) in [6, 6.07) is 8.88. The predicted octanol–water partition coefficient (Wildman–Crippen LogP) is 4.62. The van der Waals surface area contributed by atoms with Crippen molar-refractivity contribution in [3.05, 3.63) is 59.2 Å². The lowest BCUT2D eigenvalue weighted by atomic mass is 10.1. The van der Waals surface area contributed by atoms with Crippen molar-refractivity contribution in [1.82, 2.24) is 0 Å². The standard InChI is InChI=1S/C17H16F3NO2/c1-2-3-11-4-9-15(22)14(10-11)16(23)21-13-7-5-12(6-8-13)17(18,19)20/h4-10,22H,2-3H2,1H3,(H,21,23). The molecule has 2 rings (SSSR count). The lowest BCUT2D eigenvalue weighted by Crippen LogP contribution is -2.13. The van der Waals surface area contributed by atoms with E-state index < -0.39 is 17.6 Å². The normalized spacial score (nSPS) is 11.3. The first-order valence-electron chi connectivity index (χ1n) is 7.11. The number of hydrogen-bond acceptors (Lipinski definition) is 2. The van der Waals surface area contributed by atoms with Gasteiger partial charge in [0, 0.05) is 5.69 Å². The van der Waals surface area contributed by atoms with Crippen LogP contribution in [-0.2, 0) is 12.6 Å². The number of carbonyl (C=O) groups is 1. The number of halogens is 3. The van der Waals surface area contributed by atoms with Gasteiger partial charge in [0.2, 0.25) is 0 Å². The third-order valence-corrected chi connectivity index (χ3v) is 3.31. The van der Waals surface area contributed by atoms with Crippen LogP contribution >= 0.6 is 0 Å². The van der Waals surface area contributed by atoms with Crippen molar-refractivity contribution in [1.29, 1.82) is 0 Å². The second-order valence-corrected chi connectivity index (χ2v) is 5.13. The van der Waals surface area contributed by atoms with Crippen LogP contribution in [0, 0.1) is 0 Å². The van der Waals surface area contributed by atoms with Gasteiger partial charge in [-0.2, -0.15) is 13.2 Å². The van der Waals surface area contributed by atoms with Gasteiger partial charge in [-0.3, -0.25) is 4.79 Å². The van der Waals surface area contributed by atoms with Gasteiger partial charge in [-0.1, -0.05) is 19.4 Å². The number of anilines is 1. The summed E-state index contributed by atoms with van der Waals surface area (Å²) in [7, 11) is 0. The molecule has 122 valence electrons. The van der Waals surface area contributed by atoms with Gasteiger partial charge in [-0.15, -0.1) is 0 Å². The van der Waals surface area contributed by atoms with Crippen LogP contribution < -0.4 is 5.32 Å². The molecule has 2 aromatic carbocycles. The molecule has 0 spiro atoms. The third-order valence-electron chi connectivity index (χ3n) is 3.31. The zero-order valence-electron chi connectivity index (χ0n) is 12.4. The molecular weight excluding hydrogens is 307 g/mol. The number of aryl methyl sites for hydroxylation is 1. The highest BCUT2D eigenvalue weighted by atomic mass is 19.4. The number of carbonyl (C=O) groups excluding carboxylic acids is 1. The number of rotatable bonds is 4. The van der Waals surface area contributed by atoms with Crippen LogP contribution in [0.2, 0.25) is 0 Å². The summed E-state index contributed by atoms with van der Waals surface area (Å²) < 4.78 is 37.5. The third kappa shape index (κ3) is 4.25. The van der Waals surface area contributed by atoms with E-state index in [0.717, 1.165) is 30.5 Å². The Morgan fingerprint density at radius 1 is 1.13 bits per heavy atom. The fourth-order valence-corrected chi connectivity index (χ4v) is 2.15. The van der Waals surface area contributed by atoms with Gasteiger partial charge in [0.1, 0.15) is 5.75 Å². The fraction of sp³-hybridized carbons (Fsp3) is 0.235. The van der Waals surface area contributed by atoms with Gasteiger partial charge < -0.3 is 10.4 Å². The van der Waals surface area contributed by atoms with Gasteiger partial charge in [0.15, 0.2) is 0 Å². The van der Waals surface area contributed by atoms with Crippen molar-refractivity contribution in [2.45, 2.75) is 25.9 Å². The highest BCUT2D eigenvalue weighted by Crippen LogP contribution is 2.30. The molecule has 0 fully saturated rings. The first-order chi connectivity index (χ1) is 10.8. The Morgan fingerprint density at radius 2 is 1.78 bits per heavy atom. The molecule has 2 aromatic rings. The van der Waals surface area contributed by atoms with Crippen LogP contribution in [-0.4, -0.2) is 11.0 Å². The molecule has 0 radical (unpaired) electrons. The summed E-state index contributed by atoms with van der Waals surface area (Å²) in [6.07, 6.45) is -2.76. The zero-order chi connectivity index (χ0) is 17.0. The smallest absolute Gasteiger partial charge is 0.416 e. The molecule has 6 heteroatoms. The number of nitrogens with one attached hydrogen (secondary N) is 1. The summed E-state index contributed by atoms with van der Waals surface area (Å²) in [5.74, 6) is -0.741. The molecule has 0 aliphatic heterocycles. The molecule has 0 aliphatic carbocycles. The Labute approximate surface area is 131 Å². The molecule has 0 saturated heterocycles. The van der Waals surface area contributed by atoms with E-state index in [1.165, 1.54) is 18.2 Å². The monoisotopic (exact) mass is 323 g/mol. The molecule has 0 heterocycles. The van der Waals surface area contributed by atoms with Crippen LogP contribution in [0.1, 0.15) is 34.8 Å². The Kier molecular flexibility index (Phi) is 4.93. The average Bonchev–Trinajstić information content (AvgIpc) is 2.49. The summed E-state index contributed by atoms with van der Waals surface area (Å²) in [5.41, 5.74) is 0.435. The van der Waals surface area contributed by atoms with Crippen molar-refractivity contribution < 1.29 is 23.1 Å². The Balaban J connectivity index is 2.17. The summed E-state index contributed by atoms with van der Waals surface area (Å²) in [4.78, 5) is 12.2. The van der Waals surface area contributed by atoms with Gasteiger partial charge in [-0.25, -0.2) is 0 Å². The molecule has 0 atom stereocenters. The minimum atomic E-state index is -4.42. The Morgan fingerprint density at radius 3 is 2.35 bits per heavy atom. The first-order valence-corrected chi connectivity index (χ1v) is 7.11. The van der Waals surface area contributed by atoms with E-state index in [-0.39, 0.29) is 17.0 Å². The largest absolute Gasteiger partial charge is 0.507 e. The average molecular weight is 323 g/mol. The fourth-order valence-electron chi connectivity index (χ4n) is 2.15. The van der Waals surface area contributed by atoms with Crippen molar-refractivity contribution in [2.75, 3.05) is 5.32 Å². The van der Waals surface area contributed by atoms with E-state index in [2.05, 4.69) is 5.32 Å². The number of phenols is 1. The number of aromatic hydroxyl groups is 1. The SMILES string of the molecule is CCCc1ccc(O)c(C(=O)Nc2ccc(C(F)(F)F)cc2)c1. The maximum Gasteiger partial charge on any atom is 0.416 e. The topological polar surface area (TPSA) is 49.3 Å². The molecule has 1 amide bonds. The highest BCUT2D eigenvalue weighted by Gasteiger charge is 2.30. The summed E-state index contributed by atoms with van der Waals surface area (Å²) >= 11 is 0. The van der Waals surface area contributed by atoms with Crippen LogP contribution in [0.25, 0.3) is 0 Å². The Bertz CT molecular complexity index is 694. The van der Waals surface area contributed by atoms with Crippen molar-refractivity contribution in [3.63, 3.8) is 0 Å². The molecule has 0 aliphatic rings. The van der Waals surface area contributed by atoms with Gasteiger partial charge in [0.25, 0.3) is 5.91 Å². The van der Waals surface area contributed by atoms with E-state index in [1.54, 1.807) is 12.1 Å². The van der Waals surface area contributed by atoms with Gasteiger partial charge >= 0.3 is 6.18 Å². The number of benzene rings is 2. The van der Waals surface area contributed by atoms with Crippen LogP contribution in [0.3, 0.4) is 0 Å². The maximum atomic E-state index is 12.5. The van der Waals surface area contributed by atoms with Crippen LogP contribution in [0.15, 0.2) is 42.5 Å². The molecule has 0 bridgehead atoms. The zero-order valence-corrected chi connectivity index (χ0v) is 12.4. The van der Waals surface area contributed by atoms with E-state index in [1.807, 2.05) is 6.92 Å². The van der Waals surface area contributed by atoms with Gasteiger partial charge in [0.05, 0.1) is 11.1 Å². The quantitative estimate of drug-likeness (QED) is 0.863. The molecular formula is C17H16F3NO2. The molecule has 2 N–H and O–H groups in total. The van der Waals surface area contributed by atoms with Crippen molar-refractivity contribution in [2.24, 2.45) is 0 Å². The minimum Gasteiger partial charge on any atom is -0.507 e. The van der Waals surface area contributed by atoms with Crippen LogP contribution in [0.4, 0.5) is 18.9 Å². The second-order valence-electron chi connectivity index (χ2n) is 5.13. The van der Waals surface area contributed by atoms with E-state index in [0.29, 0.717) is 0 Å². The number of amides is 1. The number of alkyl halides is 3. The predicted molar refractivity (Wildman–Crippen MR) is 81.5 cm³/mol. The lowest BCUT2D eigenvalue weighted by molar-refractivity contribution is -0.137. The molecule has 3 nitrogen and oxygen atoms in total. The van der Waals surface area contributed by atoms with Gasteiger partial charge in [-0.05, 0) is 48.4 Å². The summed E-state index contributed by atoms with van der Waals surface area (Å²) in [5, 5.41) is 12.3. The highest BCUT2D eigenvalue weighted by molar-refractivity contribution is 6.06. The number of hydrogen-bond donors (Lipinski definition) is 2. The molecule has 0 aromatic heterocycles. The van der Waals surface area contributed by atoms with E-state index in [4.69, 9.17) is 0 Å².